The van der Waals surface area contributed by atoms with Gasteiger partial charge in [-0.3, -0.25) is 9.59 Å². The van der Waals surface area contributed by atoms with Gasteiger partial charge in [0.25, 0.3) is 5.91 Å². The van der Waals surface area contributed by atoms with Crippen molar-refractivity contribution >= 4 is 17.5 Å². The van der Waals surface area contributed by atoms with Gasteiger partial charge in [-0.05, 0) is 37.0 Å². The molecular weight excluding hydrogens is 350 g/mol. The molecule has 142 valence electrons. The summed E-state index contributed by atoms with van der Waals surface area (Å²) < 4.78 is 27.6. The Kier molecular flexibility index (Phi) is 5.26. The fourth-order valence-corrected chi connectivity index (χ4v) is 3.38. The summed E-state index contributed by atoms with van der Waals surface area (Å²) in [6, 6.07) is 8.31. The van der Waals surface area contributed by atoms with Crippen LogP contribution in [0.1, 0.15) is 35.3 Å². The van der Waals surface area contributed by atoms with E-state index in [1.807, 2.05) is 32.9 Å². The predicted molar refractivity (Wildman–Crippen MR) is 99.7 cm³/mol. The second-order valence-electron chi connectivity index (χ2n) is 7.14. The largest absolute Gasteiger partial charge is 0.340 e. The molecule has 1 aliphatic heterocycles. The summed E-state index contributed by atoms with van der Waals surface area (Å²) in [5.74, 6) is -2.27. The highest BCUT2D eigenvalue weighted by atomic mass is 19.1. The quantitative estimate of drug-likeness (QED) is 0.891. The maximum atomic E-state index is 14.0. The average molecular weight is 372 g/mol. The molecule has 0 aliphatic carbocycles. The van der Waals surface area contributed by atoms with E-state index in [-0.39, 0.29) is 30.0 Å². The van der Waals surface area contributed by atoms with Crippen LogP contribution in [-0.2, 0) is 11.2 Å². The van der Waals surface area contributed by atoms with Crippen LogP contribution < -0.4 is 10.2 Å². The second-order valence-corrected chi connectivity index (χ2v) is 7.14. The molecule has 3 rings (SSSR count). The van der Waals surface area contributed by atoms with Crippen molar-refractivity contribution in [3.8, 4) is 0 Å². The lowest BCUT2D eigenvalue weighted by molar-refractivity contribution is -0.121. The van der Waals surface area contributed by atoms with E-state index in [2.05, 4.69) is 5.32 Å². The molecule has 4 nitrogen and oxygen atoms in total. The number of carbonyl (C=O) groups excluding carboxylic acids is 2. The van der Waals surface area contributed by atoms with Gasteiger partial charge in [-0.2, -0.15) is 0 Å². The third kappa shape index (κ3) is 3.70. The van der Waals surface area contributed by atoms with Gasteiger partial charge in [0.1, 0.15) is 17.7 Å². The van der Waals surface area contributed by atoms with Gasteiger partial charge in [0.15, 0.2) is 0 Å². The molecule has 2 amide bonds. The Morgan fingerprint density at radius 2 is 1.85 bits per heavy atom. The summed E-state index contributed by atoms with van der Waals surface area (Å²) in [5.41, 5.74) is 1.88. The van der Waals surface area contributed by atoms with Crippen molar-refractivity contribution in [3.63, 3.8) is 0 Å². The Morgan fingerprint density at radius 1 is 1.15 bits per heavy atom. The summed E-state index contributed by atoms with van der Waals surface area (Å²) in [6.07, 6.45) is 0.323. The number of nitrogens with one attached hydrogen (secondary N) is 1. The number of nitrogens with zero attached hydrogens (tertiary/aromatic N) is 1. The monoisotopic (exact) mass is 372 g/mol. The third-order valence-corrected chi connectivity index (χ3v) is 4.89. The molecule has 0 radical (unpaired) electrons. The molecule has 0 saturated carbocycles. The van der Waals surface area contributed by atoms with Crippen LogP contribution in [0, 0.1) is 24.5 Å². The molecule has 1 heterocycles. The molecule has 0 spiro atoms. The zero-order chi connectivity index (χ0) is 19.7. The van der Waals surface area contributed by atoms with Gasteiger partial charge in [-0.25, -0.2) is 8.78 Å². The first-order valence-electron chi connectivity index (χ1n) is 8.95. The summed E-state index contributed by atoms with van der Waals surface area (Å²) >= 11 is 0. The molecule has 0 fully saturated rings. The molecule has 27 heavy (non-hydrogen) atoms. The Labute approximate surface area is 157 Å². The van der Waals surface area contributed by atoms with Crippen LogP contribution in [0.5, 0.6) is 0 Å². The number of benzene rings is 2. The van der Waals surface area contributed by atoms with Crippen molar-refractivity contribution in [2.75, 3.05) is 11.4 Å². The van der Waals surface area contributed by atoms with Gasteiger partial charge in [0, 0.05) is 23.7 Å². The molecule has 1 unspecified atom stereocenters. The Morgan fingerprint density at radius 3 is 2.52 bits per heavy atom. The fraction of sp³-hybridized carbons (Fsp3) is 0.333. The number of halogens is 2. The van der Waals surface area contributed by atoms with Crippen LogP contribution in [0.25, 0.3) is 0 Å². The summed E-state index contributed by atoms with van der Waals surface area (Å²) in [6.45, 7) is 5.73. The highest BCUT2D eigenvalue weighted by Crippen LogP contribution is 2.32. The molecule has 2 aromatic carbocycles. The molecule has 1 aliphatic rings. The molecule has 0 aromatic heterocycles. The maximum absolute atomic E-state index is 14.0. The van der Waals surface area contributed by atoms with Gasteiger partial charge in [-0.15, -0.1) is 0 Å². The lowest BCUT2D eigenvalue weighted by atomic mass is 10.0. The first-order valence-corrected chi connectivity index (χ1v) is 8.95. The number of hydrogen-bond acceptors (Lipinski definition) is 2. The molecule has 1 N–H and O–H groups in total. The van der Waals surface area contributed by atoms with Crippen LogP contribution in [0.15, 0.2) is 36.4 Å². The van der Waals surface area contributed by atoms with Crippen molar-refractivity contribution in [2.45, 2.75) is 33.2 Å². The molecule has 6 heteroatoms. The SMILES string of the molecule is Cc1ccccc1C(=O)NC(C(=O)N1CCc2c(F)cc(F)cc21)C(C)C. The van der Waals surface area contributed by atoms with Gasteiger partial charge < -0.3 is 10.2 Å². The minimum Gasteiger partial charge on any atom is -0.340 e. The van der Waals surface area contributed by atoms with Crippen LogP contribution in [0.4, 0.5) is 14.5 Å². The standard InChI is InChI=1S/C21H22F2N2O2/c1-12(2)19(24-20(26)15-7-5-4-6-13(15)3)21(27)25-9-8-16-17(23)10-14(22)11-18(16)25/h4-7,10-12,19H,8-9H2,1-3H3,(H,24,26). The molecular formula is C21H22F2N2O2. The Hall–Kier alpha value is -2.76. The van der Waals surface area contributed by atoms with E-state index < -0.39 is 17.7 Å². The lowest BCUT2D eigenvalue weighted by Crippen LogP contribution is -2.51. The van der Waals surface area contributed by atoms with E-state index in [0.29, 0.717) is 17.5 Å². The van der Waals surface area contributed by atoms with Crippen molar-refractivity contribution in [2.24, 2.45) is 5.92 Å². The minimum atomic E-state index is -0.797. The topological polar surface area (TPSA) is 49.4 Å². The number of amides is 2. The Balaban J connectivity index is 1.86. The van der Waals surface area contributed by atoms with Gasteiger partial charge in [0.05, 0.1) is 5.69 Å². The third-order valence-electron chi connectivity index (χ3n) is 4.89. The maximum Gasteiger partial charge on any atom is 0.252 e. The van der Waals surface area contributed by atoms with Crippen molar-refractivity contribution < 1.29 is 18.4 Å². The van der Waals surface area contributed by atoms with Crippen LogP contribution in [0.3, 0.4) is 0 Å². The normalized spacial score (nSPS) is 14.2. The lowest BCUT2D eigenvalue weighted by Gasteiger charge is -2.27. The first-order chi connectivity index (χ1) is 12.8. The van der Waals surface area contributed by atoms with Crippen LogP contribution >= 0.6 is 0 Å². The number of rotatable bonds is 4. The predicted octanol–water partition coefficient (Wildman–Crippen LogP) is 3.62. The van der Waals surface area contributed by atoms with E-state index in [1.54, 1.807) is 12.1 Å². The number of aryl methyl sites for hydroxylation is 1. The van der Waals surface area contributed by atoms with Crippen molar-refractivity contribution in [1.82, 2.24) is 5.32 Å². The summed E-state index contributed by atoms with van der Waals surface area (Å²) in [7, 11) is 0. The van der Waals surface area contributed by atoms with E-state index in [0.717, 1.165) is 11.6 Å². The van der Waals surface area contributed by atoms with E-state index >= 15 is 0 Å². The molecule has 0 bridgehead atoms. The minimum absolute atomic E-state index is 0.187. The smallest absolute Gasteiger partial charge is 0.252 e. The van der Waals surface area contributed by atoms with Crippen molar-refractivity contribution in [3.05, 3.63) is 64.7 Å². The van der Waals surface area contributed by atoms with Crippen LogP contribution in [0.2, 0.25) is 0 Å². The zero-order valence-corrected chi connectivity index (χ0v) is 15.6. The highest BCUT2D eigenvalue weighted by Gasteiger charge is 2.34. The second kappa shape index (κ2) is 7.47. The number of hydrogen-bond donors (Lipinski definition) is 1. The zero-order valence-electron chi connectivity index (χ0n) is 15.6. The highest BCUT2D eigenvalue weighted by molar-refractivity contribution is 6.03. The van der Waals surface area contributed by atoms with Gasteiger partial charge in [0.2, 0.25) is 5.91 Å². The first kappa shape index (κ1) is 19.0. The van der Waals surface area contributed by atoms with Gasteiger partial charge >= 0.3 is 0 Å². The fourth-order valence-electron chi connectivity index (χ4n) is 3.38. The van der Waals surface area contributed by atoms with E-state index in [4.69, 9.17) is 0 Å². The molecule has 1 atom stereocenters. The molecule has 2 aromatic rings. The number of fused-ring (bicyclic) bond motifs is 1. The average Bonchev–Trinajstić information content (AvgIpc) is 3.03. The van der Waals surface area contributed by atoms with Crippen molar-refractivity contribution in [1.29, 1.82) is 0 Å². The number of carbonyl (C=O) groups is 2. The van der Waals surface area contributed by atoms with Crippen LogP contribution in [-0.4, -0.2) is 24.4 Å². The number of anilines is 1. The molecule has 0 saturated heterocycles. The summed E-state index contributed by atoms with van der Waals surface area (Å²) in [4.78, 5) is 27.1. The van der Waals surface area contributed by atoms with Gasteiger partial charge in [-0.1, -0.05) is 32.0 Å². The van der Waals surface area contributed by atoms with E-state index in [1.165, 1.54) is 11.0 Å². The summed E-state index contributed by atoms with van der Waals surface area (Å²) in [5, 5.41) is 2.79. The van der Waals surface area contributed by atoms with E-state index in [9.17, 15) is 18.4 Å². The Bertz CT molecular complexity index is 896.